The smallest absolute Gasteiger partial charge is 0.0915 e. The first-order valence-corrected chi connectivity index (χ1v) is 3.69. The zero-order valence-electron chi connectivity index (χ0n) is 7.63. The number of hydrogen-bond donors (Lipinski definition) is 0. The van der Waals surface area contributed by atoms with Crippen LogP contribution in [-0.2, 0) is 0 Å². The summed E-state index contributed by atoms with van der Waals surface area (Å²) >= 11 is 0. The van der Waals surface area contributed by atoms with Crippen LogP contribution in [0.25, 0.3) is 0 Å². The molecule has 0 aromatic rings. The molecule has 0 saturated carbocycles. The number of allylic oxidation sites excluding steroid dienone is 4. The van der Waals surface area contributed by atoms with Gasteiger partial charge in [-0.25, -0.2) is 0 Å². The van der Waals surface area contributed by atoms with Gasteiger partial charge in [0.2, 0.25) is 0 Å². The van der Waals surface area contributed by atoms with Crippen LogP contribution in [0, 0.1) is 28.1 Å². The van der Waals surface area contributed by atoms with Gasteiger partial charge in [0.15, 0.2) is 0 Å². The maximum absolute atomic E-state index is 8.46. The maximum atomic E-state index is 8.46. The molecule has 0 radical (unpaired) electrons. The van der Waals surface area contributed by atoms with Gasteiger partial charge >= 0.3 is 0 Å². The summed E-state index contributed by atoms with van der Waals surface area (Å²) in [7, 11) is 0. The van der Waals surface area contributed by atoms with E-state index in [9.17, 15) is 0 Å². The molecule has 0 rings (SSSR count). The lowest BCUT2D eigenvalue weighted by Crippen LogP contribution is -2.07. The number of nitriles is 2. The Hall–Kier alpha value is -1.54. The van der Waals surface area contributed by atoms with Gasteiger partial charge in [0, 0.05) is 12.2 Å². The van der Waals surface area contributed by atoms with Crippen LogP contribution in [0.5, 0.6) is 0 Å². The van der Waals surface area contributed by atoms with Gasteiger partial charge in [0.1, 0.15) is 0 Å². The van der Waals surface area contributed by atoms with Gasteiger partial charge in [0.25, 0.3) is 0 Å². The molecular weight excluding hydrogens is 148 g/mol. The van der Waals surface area contributed by atoms with Gasteiger partial charge in [-0.3, -0.25) is 0 Å². The summed E-state index contributed by atoms with van der Waals surface area (Å²) in [5.41, 5.74) is 0.787. The highest BCUT2D eigenvalue weighted by Crippen LogP contribution is 2.25. The highest BCUT2D eigenvalue weighted by Gasteiger charge is 2.13. The molecule has 0 unspecified atom stereocenters. The molecule has 0 aromatic heterocycles. The molecule has 0 aliphatic carbocycles. The van der Waals surface area contributed by atoms with Crippen molar-refractivity contribution in [2.75, 3.05) is 0 Å². The Labute approximate surface area is 73.4 Å². The van der Waals surface area contributed by atoms with Gasteiger partial charge < -0.3 is 0 Å². The zero-order valence-corrected chi connectivity index (χ0v) is 7.63. The molecule has 2 heteroatoms. The van der Waals surface area contributed by atoms with Crippen LogP contribution in [0.4, 0.5) is 0 Å². The Morgan fingerprint density at radius 1 is 1.17 bits per heavy atom. The van der Waals surface area contributed by atoms with Gasteiger partial charge in [0.05, 0.1) is 12.1 Å². The summed E-state index contributed by atoms with van der Waals surface area (Å²) in [5.74, 6) is 0. The lowest BCUT2D eigenvalue weighted by atomic mass is 9.86. The number of nitrogens with zero attached hydrogens (tertiary/aromatic N) is 2. The molecule has 2 nitrogen and oxygen atoms in total. The summed E-state index contributed by atoms with van der Waals surface area (Å²) in [6.07, 6.45) is 4.52. The molecule has 0 N–H and O–H groups in total. The highest BCUT2D eigenvalue weighted by molar-refractivity contribution is 5.31. The minimum absolute atomic E-state index is 0.0803. The van der Waals surface area contributed by atoms with Crippen molar-refractivity contribution < 1.29 is 0 Å². The van der Waals surface area contributed by atoms with Crippen molar-refractivity contribution in [1.82, 2.24) is 0 Å². The summed E-state index contributed by atoms with van der Waals surface area (Å²) in [5, 5.41) is 16.8. The summed E-state index contributed by atoms with van der Waals surface area (Å²) in [6, 6.07) is 3.86. The summed E-state index contributed by atoms with van der Waals surface area (Å²) < 4.78 is 0. The molecule has 0 fully saturated rings. The summed E-state index contributed by atoms with van der Waals surface area (Å²) in [6.45, 7) is 5.99. The average molecular weight is 160 g/mol. The van der Waals surface area contributed by atoms with E-state index in [2.05, 4.69) is 0 Å². The standard InChI is InChI=1S/C10H12N2/c1-10(2,3)9(6-8-12)5-4-7-11/h4-6H,1-3H3/b5-4+,9-6-. The monoisotopic (exact) mass is 160 g/mol. The Bertz CT molecular complexity index is 276. The molecule has 62 valence electrons. The van der Waals surface area contributed by atoms with Gasteiger partial charge in [-0.1, -0.05) is 20.8 Å². The lowest BCUT2D eigenvalue weighted by molar-refractivity contribution is 0.517. The molecule has 0 heterocycles. The minimum Gasteiger partial charge on any atom is -0.193 e. The van der Waals surface area contributed by atoms with Crippen molar-refractivity contribution in [2.24, 2.45) is 5.41 Å². The van der Waals surface area contributed by atoms with Crippen molar-refractivity contribution in [3.8, 4) is 12.1 Å². The van der Waals surface area contributed by atoms with Crippen molar-refractivity contribution >= 4 is 0 Å². The van der Waals surface area contributed by atoms with E-state index in [4.69, 9.17) is 10.5 Å². The second kappa shape index (κ2) is 4.36. The van der Waals surface area contributed by atoms with Crippen LogP contribution in [0.1, 0.15) is 20.8 Å². The third kappa shape index (κ3) is 3.58. The molecule has 12 heavy (non-hydrogen) atoms. The van der Waals surface area contributed by atoms with Crippen molar-refractivity contribution in [2.45, 2.75) is 20.8 Å². The Kier molecular flexibility index (Phi) is 3.80. The van der Waals surface area contributed by atoms with E-state index >= 15 is 0 Å². The SMILES string of the molecule is CC(C)(C)C(=C\C#N)/C=C/C#N. The van der Waals surface area contributed by atoms with Gasteiger partial charge in [-0.2, -0.15) is 10.5 Å². The first-order valence-electron chi connectivity index (χ1n) is 3.69. The average Bonchev–Trinajstić information content (AvgIpc) is 1.95. The topological polar surface area (TPSA) is 47.6 Å². The molecule has 0 bridgehead atoms. The molecule has 0 saturated heterocycles. The quantitative estimate of drug-likeness (QED) is 0.437. The van der Waals surface area contributed by atoms with E-state index in [1.807, 2.05) is 32.9 Å². The Morgan fingerprint density at radius 2 is 1.75 bits per heavy atom. The fraction of sp³-hybridized carbons (Fsp3) is 0.400. The predicted octanol–water partition coefficient (Wildman–Crippen LogP) is 2.56. The van der Waals surface area contributed by atoms with E-state index in [0.717, 1.165) is 5.57 Å². The van der Waals surface area contributed by atoms with E-state index in [0.29, 0.717) is 0 Å². The van der Waals surface area contributed by atoms with Crippen molar-refractivity contribution in [3.63, 3.8) is 0 Å². The van der Waals surface area contributed by atoms with E-state index in [1.165, 1.54) is 12.2 Å². The van der Waals surface area contributed by atoms with E-state index < -0.39 is 0 Å². The molecule has 0 spiro atoms. The van der Waals surface area contributed by atoms with Gasteiger partial charge in [-0.15, -0.1) is 0 Å². The van der Waals surface area contributed by atoms with Crippen molar-refractivity contribution in [3.05, 3.63) is 23.8 Å². The second-order valence-corrected chi connectivity index (χ2v) is 3.44. The fourth-order valence-electron chi connectivity index (χ4n) is 0.711. The first-order chi connectivity index (χ1) is 5.52. The third-order valence-corrected chi connectivity index (χ3v) is 1.42. The van der Waals surface area contributed by atoms with Crippen LogP contribution in [0.15, 0.2) is 23.8 Å². The minimum atomic E-state index is -0.0803. The Balaban J connectivity index is 4.76. The van der Waals surface area contributed by atoms with E-state index in [1.54, 1.807) is 6.08 Å². The number of rotatable bonds is 1. The Morgan fingerprint density at radius 3 is 2.08 bits per heavy atom. The van der Waals surface area contributed by atoms with Crippen LogP contribution < -0.4 is 0 Å². The van der Waals surface area contributed by atoms with Crippen molar-refractivity contribution in [1.29, 1.82) is 10.5 Å². The van der Waals surface area contributed by atoms with E-state index in [-0.39, 0.29) is 5.41 Å². The van der Waals surface area contributed by atoms with Crippen LogP contribution in [0.2, 0.25) is 0 Å². The third-order valence-electron chi connectivity index (χ3n) is 1.42. The molecule has 0 atom stereocenters. The van der Waals surface area contributed by atoms with Crippen LogP contribution in [0.3, 0.4) is 0 Å². The normalized spacial score (nSPS) is 12.6. The first kappa shape index (κ1) is 10.5. The second-order valence-electron chi connectivity index (χ2n) is 3.44. The molecule has 0 aliphatic rings. The zero-order chi connectivity index (χ0) is 9.61. The maximum Gasteiger partial charge on any atom is 0.0915 e. The van der Waals surface area contributed by atoms with Gasteiger partial charge in [-0.05, 0) is 17.1 Å². The van der Waals surface area contributed by atoms with Crippen LogP contribution >= 0.6 is 0 Å². The summed E-state index contributed by atoms with van der Waals surface area (Å²) in [4.78, 5) is 0. The molecule has 0 aromatic carbocycles. The van der Waals surface area contributed by atoms with Crippen LogP contribution in [-0.4, -0.2) is 0 Å². The highest BCUT2D eigenvalue weighted by atomic mass is 14.2. The fourth-order valence-corrected chi connectivity index (χ4v) is 0.711. The number of hydrogen-bond acceptors (Lipinski definition) is 2. The molecule has 0 aliphatic heterocycles. The predicted molar refractivity (Wildman–Crippen MR) is 47.9 cm³/mol. The largest absolute Gasteiger partial charge is 0.193 e. The lowest BCUT2D eigenvalue weighted by Gasteiger charge is -2.18. The molecule has 0 amide bonds. The molecular formula is C10H12N2.